The molecule has 2 heterocycles. The molecule has 0 aromatic carbocycles. The summed E-state index contributed by atoms with van der Waals surface area (Å²) in [7, 11) is 1.95. The van der Waals surface area contributed by atoms with Crippen molar-refractivity contribution in [2.45, 2.75) is 32.4 Å². The molecular formula is C13H20BrN3O. The molecule has 4 nitrogen and oxygen atoms in total. The summed E-state index contributed by atoms with van der Waals surface area (Å²) in [6.07, 6.45) is 3.01. The standard InChI is InChI=1S/C13H20BrN3O/c1-9(2)17-7-10(14)6-12(17)13(18)16-5-4-11(8-16)15-3/h6-7,9,11,15H,4-5,8H2,1-3H3. The molecular weight excluding hydrogens is 294 g/mol. The number of hydrogen-bond donors (Lipinski definition) is 1. The molecule has 1 fully saturated rings. The van der Waals surface area contributed by atoms with Gasteiger partial charge in [-0.25, -0.2) is 0 Å². The van der Waals surface area contributed by atoms with Crippen LogP contribution in [0, 0.1) is 0 Å². The third kappa shape index (κ3) is 2.62. The summed E-state index contributed by atoms with van der Waals surface area (Å²) in [6.45, 7) is 5.81. The van der Waals surface area contributed by atoms with Gasteiger partial charge in [0.15, 0.2) is 0 Å². The molecule has 1 aliphatic heterocycles. The van der Waals surface area contributed by atoms with Crippen LogP contribution in [0.2, 0.25) is 0 Å². The Hall–Kier alpha value is -0.810. The first kappa shape index (κ1) is 13.6. The SMILES string of the molecule is CNC1CCN(C(=O)c2cc(Br)cn2C(C)C)C1. The molecule has 1 unspecified atom stereocenters. The predicted molar refractivity (Wildman–Crippen MR) is 75.9 cm³/mol. The van der Waals surface area contributed by atoms with E-state index < -0.39 is 0 Å². The fourth-order valence-corrected chi connectivity index (χ4v) is 2.82. The number of nitrogens with zero attached hydrogens (tertiary/aromatic N) is 2. The number of hydrogen-bond acceptors (Lipinski definition) is 2. The fraction of sp³-hybridized carbons (Fsp3) is 0.615. The van der Waals surface area contributed by atoms with Crippen LogP contribution in [0.1, 0.15) is 36.8 Å². The minimum atomic E-state index is 0.132. The molecule has 18 heavy (non-hydrogen) atoms. The molecule has 1 N–H and O–H groups in total. The Morgan fingerprint density at radius 3 is 2.83 bits per heavy atom. The monoisotopic (exact) mass is 313 g/mol. The molecule has 1 aromatic heterocycles. The Morgan fingerprint density at radius 1 is 1.56 bits per heavy atom. The molecule has 0 bridgehead atoms. The Labute approximate surface area is 116 Å². The lowest BCUT2D eigenvalue weighted by Gasteiger charge is -2.19. The Balaban J connectivity index is 2.19. The van der Waals surface area contributed by atoms with Crippen molar-refractivity contribution in [2.75, 3.05) is 20.1 Å². The summed E-state index contributed by atoms with van der Waals surface area (Å²) in [5, 5.41) is 3.23. The summed E-state index contributed by atoms with van der Waals surface area (Å²) in [6, 6.07) is 2.63. The van der Waals surface area contributed by atoms with Crippen molar-refractivity contribution in [1.29, 1.82) is 0 Å². The second kappa shape index (κ2) is 5.45. The molecule has 1 amide bonds. The quantitative estimate of drug-likeness (QED) is 0.929. The van der Waals surface area contributed by atoms with Crippen LogP contribution in [0.15, 0.2) is 16.7 Å². The molecule has 0 saturated carbocycles. The number of nitrogens with one attached hydrogen (secondary N) is 1. The number of amides is 1. The molecule has 1 saturated heterocycles. The number of halogens is 1. The van der Waals surface area contributed by atoms with Gasteiger partial charge in [-0.1, -0.05) is 0 Å². The van der Waals surface area contributed by atoms with Gasteiger partial charge in [-0.15, -0.1) is 0 Å². The number of carbonyl (C=O) groups is 1. The maximum atomic E-state index is 12.5. The van der Waals surface area contributed by atoms with Gasteiger partial charge in [0.2, 0.25) is 0 Å². The maximum absolute atomic E-state index is 12.5. The molecule has 0 spiro atoms. The van der Waals surface area contributed by atoms with E-state index in [-0.39, 0.29) is 11.9 Å². The van der Waals surface area contributed by atoms with Gasteiger partial charge in [0.1, 0.15) is 5.69 Å². The highest BCUT2D eigenvalue weighted by Gasteiger charge is 2.28. The van der Waals surface area contributed by atoms with E-state index in [1.165, 1.54) is 0 Å². The zero-order chi connectivity index (χ0) is 13.3. The zero-order valence-electron chi connectivity index (χ0n) is 11.1. The molecule has 5 heteroatoms. The molecule has 1 atom stereocenters. The van der Waals surface area contributed by atoms with E-state index in [9.17, 15) is 4.79 Å². The number of aromatic nitrogens is 1. The largest absolute Gasteiger partial charge is 0.340 e. The van der Waals surface area contributed by atoms with Crippen LogP contribution in [0.25, 0.3) is 0 Å². The second-order valence-corrected chi connectivity index (χ2v) is 5.99. The molecule has 1 aliphatic rings. The molecule has 100 valence electrons. The van der Waals surface area contributed by atoms with Crippen molar-refractivity contribution < 1.29 is 4.79 Å². The van der Waals surface area contributed by atoms with Crippen LogP contribution in [-0.4, -0.2) is 41.6 Å². The first-order valence-electron chi connectivity index (χ1n) is 6.37. The van der Waals surface area contributed by atoms with E-state index in [0.29, 0.717) is 6.04 Å². The van der Waals surface area contributed by atoms with Crippen LogP contribution in [-0.2, 0) is 0 Å². The fourth-order valence-electron chi connectivity index (χ4n) is 2.39. The van der Waals surface area contributed by atoms with E-state index in [4.69, 9.17) is 0 Å². The van der Waals surface area contributed by atoms with Gasteiger partial charge in [-0.2, -0.15) is 0 Å². The van der Waals surface area contributed by atoms with Crippen molar-refractivity contribution in [3.8, 4) is 0 Å². The van der Waals surface area contributed by atoms with Gasteiger partial charge in [0.05, 0.1) is 0 Å². The Kier molecular flexibility index (Phi) is 4.12. The van der Waals surface area contributed by atoms with Crippen LogP contribution in [0.4, 0.5) is 0 Å². The van der Waals surface area contributed by atoms with E-state index in [1.54, 1.807) is 0 Å². The van der Waals surface area contributed by atoms with Gasteiger partial charge >= 0.3 is 0 Å². The van der Waals surface area contributed by atoms with E-state index in [0.717, 1.165) is 29.7 Å². The third-order valence-electron chi connectivity index (χ3n) is 3.47. The Morgan fingerprint density at radius 2 is 2.28 bits per heavy atom. The molecule has 0 radical (unpaired) electrons. The van der Waals surface area contributed by atoms with Crippen LogP contribution >= 0.6 is 15.9 Å². The summed E-state index contributed by atoms with van der Waals surface area (Å²) < 4.78 is 2.99. The number of likely N-dealkylation sites (N-methyl/N-ethyl adjacent to an activating group) is 1. The molecule has 1 aromatic rings. The van der Waals surface area contributed by atoms with E-state index in [1.807, 2.05) is 28.8 Å². The lowest BCUT2D eigenvalue weighted by Crippen LogP contribution is -2.34. The maximum Gasteiger partial charge on any atom is 0.270 e. The molecule has 0 aliphatic carbocycles. The summed E-state index contributed by atoms with van der Waals surface area (Å²) in [5.41, 5.74) is 0.772. The highest BCUT2D eigenvalue weighted by atomic mass is 79.9. The smallest absolute Gasteiger partial charge is 0.270 e. The summed E-state index contributed by atoms with van der Waals surface area (Å²) in [4.78, 5) is 14.4. The number of carbonyl (C=O) groups excluding carboxylic acids is 1. The van der Waals surface area contributed by atoms with E-state index >= 15 is 0 Å². The molecule has 2 rings (SSSR count). The summed E-state index contributed by atoms with van der Waals surface area (Å²) in [5.74, 6) is 0.132. The topological polar surface area (TPSA) is 37.3 Å². The highest BCUT2D eigenvalue weighted by molar-refractivity contribution is 9.10. The van der Waals surface area contributed by atoms with Crippen molar-refractivity contribution in [3.05, 3.63) is 22.4 Å². The average molecular weight is 314 g/mol. The third-order valence-corrected chi connectivity index (χ3v) is 3.91. The van der Waals surface area contributed by atoms with Crippen molar-refractivity contribution >= 4 is 21.8 Å². The predicted octanol–water partition coefficient (Wildman–Crippen LogP) is 2.27. The van der Waals surface area contributed by atoms with Crippen LogP contribution in [0.3, 0.4) is 0 Å². The van der Waals surface area contributed by atoms with Crippen molar-refractivity contribution in [3.63, 3.8) is 0 Å². The lowest BCUT2D eigenvalue weighted by atomic mass is 10.3. The Bertz CT molecular complexity index is 441. The average Bonchev–Trinajstić information content (AvgIpc) is 2.94. The van der Waals surface area contributed by atoms with Crippen molar-refractivity contribution in [1.82, 2.24) is 14.8 Å². The highest BCUT2D eigenvalue weighted by Crippen LogP contribution is 2.22. The second-order valence-electron chi connectivity index (χ2n) is 5.07. The van der Waals surface area contributed by atoms with Gasteiger partial charge < -0.3 is 14.8 Å². The first-order chi connectivity index (χ1) is 8.52. The number of rotatable bonds is 3. The minimum Gasteiger partial charge on any atom is -0.340 e. The zero-order valence-corrected chi connectivity index (χ0v) is 12.7. The van der Waals surface area contributed by atoms with Gasteiger partial charge in [0.25, 0.3) is 5.91 Å². The first-order valence-corrected chi connectivity index (χ1v) is 7.16. The minimum absolute atomic E-state index is 0.132. The van der Waals surface area contributed by atoms with Crippen molar-refractivity contribution in [2.24, 2.45) is 0 Å². The van der Waals surface area contributed by atoms with Gasteiger partial charge in [-0.3, -0.25) is 4.79 Å². The summed E-state index contributed by atoms with van der Waals surface area (Å²) >= 11 is 3.45. The van der Waals surface area contributed by atoms with Crippen LogP contribution < -0.4 is 5.32 Å². The number of likely N-dealkylation sites (tertiary alicyclic amines) is 1. The normalized spacial score (nSPS) is 19.8. The van der Waals surface area contributed by atoms with Gasteiger partial charge in [-0.05, 0) is 49.3 Å². The van der Waals surface area contributed by atoms with Gasteiger partial charge in [0, 0.05) is 35.8 Å². The van der Waals surface area contributed by atoms with E-state index in [2.05, 4.69) is 35.1 Å². The van der Waals surface area contributed by atoms with Crippen LogP contribution in [0.5, 0.6) is 0 Å². The lowest BCUT2D eigenvalue weighted by molar-refractivity contribution is 0.0777.